The maximum atomic E-state index is 13.0. The summed E-state index contributed by atoms with van der Waals surface area (Å²) in [7, 11) is 0. The molecule has 3 rings (SSSR count). The first-order chi connectivity index (χ1) is 15.3. The highest BCUT2D eigenvalue weighted by Crippen LogP contribution is 2.19. The Hall–Kier alpha value is -3.25. The van der Waals surface area contributed by atoms with Crippen LogP contribution in [0.15, 0.2) is 73.3 Å². The molecule has 162 valence electrons. The summed E-state index contributed by atoms with van der Waals surface area (Å²) < 4.78 is 5.67. The third-order valence-corrected chi connectivity index (χ3v) is 4.90. The van der Waals surface area contributed by atoms with Crippen molar-refractivity contribution in [1.82, 2.24) is 20.6 Å². The topological polar surface area (TPSA) is 76.1 Å². The van der Waals surface area contributed by atoms with Gasteiger partial charge < -0.3 is 15.4 Å². The lowest BCUT2D eigenvalue weighted by Crippen LogP contribution is -2.39. The van der Waals surface area contributed by atoms with Crippen molar-refractivity contribution in [1.29, 1.82) is 0 Å². The van der Waals surface area contributed by atoms with Gasteiger partial charge in [0.05, 0.1) is 6.61 Å². The van der Waals surface area contributed by atoms with E-state index in [1.165, 1.54) is 0 Å². The molecule has 6 nitrogen and oxygen atoms in total. The molecular weight excluding hydrogens is 388 g/mol. The fraction of sp³-hybridized carbons (Fsp3) is 0.320. The lowest BCUT2D eigenvalue weighted by molar-refractivity contribution is -0.123. The Bertz CT molecular complexity index is 902. The lowest BCUT2D eigenvalue weighted by Gasteiger charge is -2.19. The van der Waals surface area contributed by atoms with Gasteiger partial charge in [-0.1, -0.05) is 25.1 Å². The van der Waals surface area contributed by atoms with Crippen molar-refractivity contribution in [3.8, 4) is 5.75 Å². The molecule has 0 aliphatic heterocycles. The summed E-state index contributed by atoms with van der Waals surface area (Å²) >= 11 is 0. The van der Waals surface area contributed by atoms with Crippen LogP contribution in [0.1, 0.15) is 36.1 Å². The standard InChI is InChI=1S/C25H30N4O2/c1-2-18-31-23-7-5-22(6-8-23)24(28-16-12-21-4-3-13-27-19-21)25(30)29-17-11-20-9-14-26-15-10-20/h3-10,13-15,19,24,28H,2,11-12,16-18H2,1H3,(H,29,30). The zero-order chi connectivity index (χ0) is 21.7. The van der Waals surface area contributed by atoms with Crippen LogP contribution in [-0.4, -0.2) is 35.6 Å². The summed E-state index contributed by atoms with van der Waals surface area (Å²) in [4.78, 5) is 21.2. The number of nitrogens with zero attached hydrogens (tertiary/aromatic N) is 2. The van der Waals surface area contributed by atoms with Gasteiger partial charge in [-0.3, -0.25) is 14.8 Å². The Labute approximate surface area is 184 Å². The summed E-state index contributed by atoms with van der Waals surface area (Å²) in [5.74, 6) is 0.778. The number of benzene rings is 1. The Morgan fingerprint density at radius 2 is 1.71 bits per heavy atom. The van der Waals surface area contributed by atoms with Gasteiger partial charge in [0.1, 0.15) is 11.8 Å². The van der Waals surface area contributed by atoms with Crippen molar-refractivity contribution in [2.45, 2.75) is 32.2 Å². The molecule has 0 saturated carbocycles. The van der Waals surface area contributed by atoms with Gasteiger partial charge in [-0.05, 0) is 66.3 Å². The van der Waals surface area contributed by atoms with E-state index in [0.717, 1.165) is 41.7 Å². The molecule has 0 bridgehead atoms. The van der Waals surface area contributed by atoms with E-state index in [-0.39, 0.29) is 5.91 Å². The van der Waals surface area contributed by atoms with Crippen molar-refractivity contribution in [3.05, 3.63) is 90.0 Å². The molecule has 0 aliphatic carbocycles. The molecule has 1 aromatic carbocycles. The number of hydrogen-bond donors (Lipinski definition) is 2. The maximum absolute atomic E-state index is 13.0. The quantitative estimate of drug-likeness (QED) is 0.471. The van der Waals surface area contributed by atoms with Crippen LogP contribution in [-0.2, 0) is 17.6 Å². The van der Waals surface area contributed by atoms with Crippen LogP contribution in [0.25, 0.3) is 0 Å². The van der Waals surface area contributed by atoms with E-state index in [1.807, 2.05) is 54.7 Å². The lowest BCUT2D eigenvalue weighted by atomic mass is 10.0. The van der Waals surface area contributed by atoms with Crippen molar-refractivity contribution >= 4 is 5.91 Å². The van der Waals surface area contributed by atoms with Crippen molar-refractivity contribution in [3.63, 3.8) is 0 Å². The molecule has 0 radical (unpaired) electrons. The average molecular weight is 419 g/mol. The first-order valence-electron chi connectivity index (χ1n) is 10.8. The molecule has 1 atom stereocenters. The van der Waals surface area contributed by atoms with Gasteiger partial charge in [0.2, 0.25) is 5.91 Å². The summed E-state index contributed by atoms with van der Waals surface area (Å²) in [6, 6.07) is 15.2. The fourth-order valence-corrected chi connectivity index (χ4v) is 3.23. The molecule has 3 aromatic rings. The van der Waals surface area contributed by atoms with Gasteiger partial charge in [-0.15, -0.1) is 0 Å². The molecule has 0 aliphatic rings. The number of carbonyl (C=O) groups is 1. The van der Waals surface area contributed by atoms with Crippen molar-refractivity contribution in [2.24, 2.45) is 0 Å². The minimum Gasteiger partial charge on any atom is -0.494 e. The number of rotatable bonds is 12. The zero-order valence-electron chi connectivity index (χ0n) is 18.0. The predicted molar refractivity (Wildman–Crippen MR) is 122 cm³/mol. The maximum Gasteiger partial charge on any atom is 0.241 e. The largest absolute Gasteiger partial charge is 0.494 e. The van der Waals surface area contributed by atoms with Crippen LogP contribution < -0.4 is 15.4 Å². The molecule has 0 spiro atoms. The third kappa shape index (κ3) is 7.50. The molecule has 2 N–H and O–H groups in total. The van der Waals surface area contributed by atoms with Crippen LogP contribution in [0.3, 0.4) is 0 Å². The minimum atomic E-state index is -0.436. The van der Waals surface area contributed by atoms with Gasteiger partial charge in [-0.25, -0.2) is 0 Å². The summed E-state index contributed by atoms with van der Waals surface area (Å²) in [5, 5.41) is 6.47. The van der Waals surface area contributed by atoms with E-state index in [2.05, 4.69) is 27.5 Å². The van der Waals surface area contributed by atoms with Gasteiger partial charge in [0.15, 0.2) is 0 Å². The predicted octanol–water partition coefficient (Wildman–Crippen LogP) is 3.50. The number of carbonyl (C=O) groups excluding carboxylic acids is 1. The SMILES string of the molecule is CCCOc1ccc(C(NCCc2cccnc2)C(=O)NCCc2ccncc2)cc1. The number of pyridine rings is 2. The Balaban J connectivity index is 1.61. The Morgan fingerprint density at radius 3 is 2.42 bits per heavy atom. The summed E-state index contributed by atoms with van der Waals surface area (Å²) in [6.45, 7) is 4.00. The van der Waals surface area contributed by atoms with E-state index in [9.17, 15) is 4.79 Å². The van der Waals surface area contributed by atoms with E-state index >= 15 is 0 Å². The first kappa shape index (κ1) is 22.4. The monoisotopic (exact) mass is 418 g/mol. The molecule has 2 aromatic heterocycles. The Morgan fingerprint density at radius 1 is 0.935 bits per heavy atom. The Kier molecular flexibility index (Phi) is 9.01. The van der Waals surface area contributed by atoms with Crippen LogP contribution in [0, 0.1) is 0 Å². The molecule has 1 unspecified atom stereocenters. The van der Waals surface area contributed by atoms with Gasteiger partial charge in [0.25, 0.3) is 0 Å². The minimum absolute atomic E-state index is 0.0394. The molecule has 0 fully saturated rings. The first-order valence-corrected chi connectivity index (χ1v) is 10.8. The number of ether oxygens (including phenoxy) is 1. The average Bonchev–Trinajstić information content (AvgIpc) is 2.82. The second-order valence-corrected chi connectivity index (χ2v) is 7.31. The van der Waals surface area contributed by atoms with E-state index in [0.29, 0.717) is 19.7 Å². The van der Waals surface area contributed by atoms with Gasteiger partial charge in [0, 0.05) is 37.9 Å². The van der Waals surface area contributed by atoms with Crippen molar-refractivity contribution < 1.29 is 9.53 Å². The molecule has 2 heterocycles. The fourth-order valence-electron chi connectivity index (χ4n) is 3.23. The highest BCUT2D eigenvalue weighted by atomic mass is 16.5. The highest BCUT2D eigenvalue weighted by molar-refractivity contribution is 5.83. The smallest absolute Gasteiger partial charge is 0.241 e. The third-order valence-electron chi connectivity index (χ3n) is 4.90. The summed E-state index contributed by atoms with van der Waals surface area (Å²) in [6.07, 6.45) is 9.67. The normalized spacial score (nSPS) is 11.6. The summed E-state index contributed by atoms with van der Waals surface area (Å²) in [5.41, 5.74) is 3.19. The van der Waals surface area contributed by atoms with Crippen LogP contribution in [0.2, 0.25) is 0 Å². The van der Waals surface area contributed by atoms with E-state index < -0.39 is 6.04 Å². The van der Waals surface area contributed by atoms with Crippen LogP contribution in [0.5, 0.6) is 5.75 Å². The number of nitrogens with one attached hydrogen (secondary N) is 2. The second kappa shape index (κ2) is 12.4. The van der Waals surface area contributed by atoms with E-state index in [4.69, 9.17) is 4.74 Å². The van der Waals surface area contributed by atoms with Crippen molar-refractivity contribution in [2.75, 3.05) is 19.7 Å². The molecule has 0 saturated heterocycles. The number of hydrogen-bond acceptors (Lipinski definition) is 5. The molecule has 6 heteroatoms. The zero-order valence-corrected chi connectivity index (χ0v) is 18.0. The van der Waals surface area contributed by atoms with Gasteiger partial charge >= 0.3 is 0 Å². The number of aromatic nitrogens is 2. The second-order valence-electron chi connectivity index (χ2n) is 7.31. The molecule has 31 heavy (non-hydrogen) atoms. The highest BCUT2D eigenvalue weighted by Gasteiger charge is 2.19. The van der Waals surface area contributed by atoms with Crippen LogP contribution in [0.4, 0.5) is 0 Å². The molecule has 1 amide bonds. The number of amides is 1. The van der Waals surface area contributed by atoms with E-state index in [1.54, 1.807) is 18.6 Å². The van der Waals surface area contributed by atoms with Crippen LogP contribution >= 0.6 is 0 Å². The van der Waals surface area contributed by atoms with Gasteiger partial charge in [-0.2, -0.15) is 0 Å². The molecular formula is C25H30N4O2.